The van der Waals surface area contributed by atoms with Gasteiger partial charge in [-0.15, -0.1) is 0 Å². The molecule has 0 aliphatic rings. The van der Waals surface area contributed by atoms with E-state index in [0.717, 1.165) is 31.5 Å². The maximum Gasteiger partial charge on any atom is 0.221 e. The topological polar surface area (TPSA) is 61.4 Å². The molecule has 0 atom stereocenters. The Labute approximate surface area is 106 Å². The summed E-state index contributed by atoms with van der Waals surface area (Å²) in [6.45, 7) is 2.31. The van der Waals surface area contributed by atoms with Crippen LogP contribution in [0.2, 0.25) is 0 Å². The number of rotatable bonds is 7. The van der Waals surface area contributed by atoms with Gasteiger partial charge in [-0.2, -0.15) is 0 Å². The van der Waals surface area contributed by atoms with Crippen molar-refractivity contribution in [2.45, 2.75) is 26.2 Å². The second kappa shape index (κ2) is 7.66. The molecule has 3 N–H and O–H groups in total. The van der Waals surface area contributed by atoms with Gasteiger partial charge in [0.1, 0.15) is 5.82 Å². The van der Waals surface area contributed by atoms with Crippen LogP contribution in [0.15, 0.2) is 18.2 Å². The van der Waals surface area contributed by atoms with E-state index in [9.17, 15) is 9.18 Å². The van der Waals surface area contributed by atoms with E-state index in [0.29, 0.717) is 0 Å². The molecule has 1 amide bonds. The predicted molar refractivity (Wildman–Crippen MR) is 70.1 cm³/mol. The minimum atomic E-state index is -0.448. The Kier molecular flexibility index (Phi) is 6.14. The number of carbonyl (C=O) groups excluding carboxylic acids is 1. The Morgan fingerprint density at radius 3 is 2.78 bits per heavy atom. The number of nitrogens with one attached hydrogen (secondary N) is 2. The Morgan fingerprint density at radius 2 is 2.11 bits per heavy atom. The highest BCUT2D eigenvalue weighted by molar-refractivity contribution is 5.89. The van der Waals surface area contributed by atoms with Crippen molar-refractivity contribution in [3.05, 3.63) is 24.0 Å². The fraction of sp³-hybridized carbons (Fsp3) is 0.462. The van der Waals surface area contributed by atoms with Crippen molar-refractivity contribution in [2.24, 2.45) is 0 Å². The molecule has 100 valence electrons. The fourth-order valence-electron chi connectivity index (χ4n) is 1.57. The third-order valence-corrected chi connectivity index (χ3v) is 2.44. The highest BCUT2D eigenvalue weighted by Crippen LogP contribution is 2.19. The zero-order valence-electron chi connectivity index (χ0n) is 10.5. The number of aliphatic hydroxyl groups is 1. The number of hydrogen-bond acceptors (Lipinski definition) is 3. The monoisotopic (exact) mass is 254 g/mol. The Hall–Kier alpha value is -1.62. The lowest BCUT2D eigenvalue weighted by atomic mass is 10.2. The van der Waals surface area contributed by atoms with Gasteiger partial charge in [0.2, 0.25) is 5.91 Å². The molecule has 18 heavy (non-hydrogen) atoms. The quantitative estimate of drug-likeness (QED) is 0.655. The summed E-state index contributed by atoms with van der Waals surface area (Å²) in [6.07, 6.45) is 2.68. The van der Waals surface area contributed by atoms with Crippen molar-refractivity contribution >= 4 is 17.3 Å². The maximum absolute atomic E-state index is 13.3. The number of anilines is 2. The average molecular weight is 254 g/mol. The Morgan fingerprint density at radius 1 is 1.33 bits per heavy atom. The molecule has 0 bridgehead atoms. The van der Waals surface area contributed by atoms with Crippen LogP contribution in [0, 0.1) is 5.82 Å². The van der Waals surface area contributed by atoms with Crippen LogP contribution in [0.3, 0.4) is 0 Å². The van der Waals surface area contributed by atoms with E-state index in [1.54, 1.807) is 12.1 Å². The maximum atomic E-state index is 13.3. The summed E-state index contributed by atoms with van der Waals surface area (Å²) in [6, 6.07) is 4.52. The van der Waals surface area contributed by atoms with E-state index in [-0.39, 0.29) is 18.2 Å². The Balaban J connectivity index is 2.48. The normalized spacial score (nSPS) is 10.2. The van der Waals surface area contributed by atoms with Crippen molar-refractivity contribution in [1.82, 2.24) is 0 Å². The molecule has 0 aromatic heterocycles. The third-order valence-electron chi connectivity index (χ3n) is 2.44. The fourth-order valence-corrected chi connectivity index (χ4v) is 1.57. The first kappa shape index (κ1) is 14.4. The summed E-state index contributed by atoms with van der Waals surface area (Å²) in [5, 5.41) is 14.2. The summed E-state index contributed by atoms with van der Waals surface area (Å²) >= 11 is 0. The standard InChI is InChI=1S/C13H19FN2O2/c1-10(18)16-13-9-11(5-6-12(13)14)15-7-3-2-4-8-17/h5-6,9,15,17H,2-4,7-8H2,1H3,(H,16,18). The van der Waals surface area contributed by atoms with Gasteiger partial charge >= 0.3 is 0 Å². The van der Waals surface area contributed by atoms with Crippen LogP contribution in [0.25, 0.3) is 0 Å². The molecule has 0 unspecified atom stereocenters. The number of aliphatic hydroxyl groups excluding tert-OH is 1. The zero-order valence-corrected chi connectivity index (χ0v) is 10.5. The predicted octanol–water partition coefficient (Wildman–Crippen LogP) is 2.36. The van der Waals surface area contributed by atoms with Crippen LogP contribution < -0.4 is 10.6 Å². The Bertz CT molecular complexity index is 397. The molecule has 1 aromatic carbocycles. The molecule has 0 radical (unpaired) electrons. The van der Waals surface area contributed by atoms with E-state index in [4.69, 9.17) is 5.11 Å². The van der Waals surface area contributed by atoms with E-state index in [1.807, 2.05) is 0 Å². The molecule has 0 saturated heterocycles. The van der Waals surface area contributed by atoms with Gasteiger partial charge in [0.15, 0.2) is 0 Å². The van der Waals surface area contributed by atoms with Crippen LogP contribution >= 0.6 is 0 Å². The lowest BCUT2D eigenvalue weighted by molar-refractivity contribution is -0.114. The molecule has 5 heteroatoms. The lowest BCUT2D eigenvalue weighted by Gasteiger charge is -2.09. The van der Waals surface area contributed by atoms with E-state index in [1.165, 1.54) is 13.0 Å². The van der Waals surface area contributed by atoms with Crippen LogP contribution in [-0.4, -0.2) is 24.2 Å². The van der Waals surface area contributed by atoms with E-state index >= 15 is 0 Å². The van der Waals surface area contributed by atoms with Crippen molar-refractivity contribution in [2.75, 3.05) is 23.8 Å². The van der Waals surface area contributed by atoms with Crippen LogP contribution in [-0.2, 0) is 4.79 Å². The summed E-state index contributed by atoms with van der Waals surface area (Å²) in [5.41, 5.74) is 0.951. The molecule has 0 aliphatic carbocycles. The second-order valence-corrected chi connectivity index (χ2v) is 4.09. The molecule has 0 saturated carbocycles. The van der Waals surface area contributed by atoms with Crippen molar-refractivity contribution < 1.29 is 14.3 Å². The molecule has 0 heterocycles. The molecule has 0 spiro atoms. The zero-order chi connectivity index (χ0) is 13.4. The minimum absolute atomic E-state index is 0.183. The molecule has 1 rings (SSSR count). The number of hydrogen-bond donors (Lipinski definition) is 3. The molecule has 4 nitrogen and oxygen atoms in total. The molecular formula is C13H19FN2O2. The summed E-state index contributed by atoms with van der Waals surface area (Å²) in [5.74, 6) is -0.745. The number of benzene rings is 1. The van der Waals surface area contributed by atoms with Gasteiger partial charge in [-0.1, -0.05) is 0 Å². The summed E-state index contributed by atoms with van der Waals surface area (Å²) in [4.78, 5) is 10.9. The molecule has 0 fully saturated rings. The van der Waals surface area contributed by atoms with Crippen LogP contribution in [0.1, 0.15) is 26.2 Å². The number of unbranched alkanes of at least 4 members (excludes halogenated alkanes) is 2. The van der Waals surface area contributed by atoms with Gasteiger partial charge in [0.25, 0.3) is 0 Å². The average Bonchev–Trinajstić information content (AvgIpc) is 2.32. The smallest absolute Gasteiger partial charge is 0.221 e. The van der Waals surface area contributed by atoms with Gasteiger partial charge in [-0.25, -0.2) is 4.39 Å². The van der Waals surface area contributed by atoms with Crippen molar-refractivity contribution in [3.8, 4) is 0 Å². The van der Waals surface area contributed by atoms with Crippen molar-refractivity contribution in [1.29, 1.82) is 0 Å². The first-order valence-corrected chi connectivity index (χ1v) is 6.05. The van der Waals surface area contributed by atoms with E-state index in [2.05, 4.69) is 10.6 Å². The van der Waals surface area contributed by atoms with Gasteiger partial charge < -0.3 is 15.7 Å². The number of amides is 1. The molecular weight excluding hydrogens is 235 g/mol. The lowest BCUT2D eigenvalue weighted by Crippen LogP contribution is -2.08. The molecule has 1 aromatic rings. The summed E-state index contributed by atoms with van der Waals surface area (Å²) < 4.78 is 13.3. The third kappa shape index (κ3) is 5.14. The van der Waals surface area contributed by atoms with Gasteiger partial charge in [-0.3, -0.25) is 4.79 Å². The second-order valence-electron chi connectivity index (χ2n) is 4.09. The van der Waals surface area contributed by atoms with Crippen LogP contribution in [0.4, 0.5) is 15.8 Å². The minimum Gasteiger partial charge on any atom is -0.396 e. The first-order chi connectivity index (χ1) is 8.63. The van der Waals surface area contributed by atoms with Crippen molar-refractivity contribution in [3.63, 3.8) is 0 Å². The van der Waals surface area contributed by atoms with E-state index < -0.39 is 5.82 Å². The SMILES string of the molecule is CC(=O)Nc1cc(NCCCCCO)ccc1F. The highest BCUT2D eigenvalue weighted by atomic mass is 19.1. The van der Waals surface area contributed by atoms with Gasteiger partial charge in [-0.05, 0) is 37.5 Å². The van der Waals surface area contributed by atoms with Crippen LogP contribution in [0.5, 0.6) is 0 Å². The molecule has 0 aliphatic heterocycles. The number of carbonyl (C=O) groups is 1. The van der Waals surface area contributed by atoms with Gasteiger partial charge in [0, 0.05) is 25.8 Å². The largest absolute Gasteiger partial charge is 0.396 e. The van der Waals surface area contributed by atoms with Gasteiger partial charge in [0.05, 0.1) is 5.69 Å². The first-order valence-electron chi connectivity index (χ1n) is 6.05. The number of halogens is 1. The highest BCUT2D eigenvalue weighted by Gasteiger charge is 2.04. The summed E-state index contributed by atoms with van der Waals surface area (Å²) in [7, 11) is 0.